The topological polar surface area (TPSA) is 331 Å². The number of nitrogens with one attached hydrogen (secondary N) is 7. The molecule has 1 aromatic carbocycles. The van der Waals surface area contributed by atoms with Crippen molar-refractivity contribution >= 4 is 53.2 Å². The molecule has 0 aliphatic carbocycles. The lowest BCUT2D eigenvalue weighted by molar-refractivity contribution is -0.227. The quantitative estimate of drug-likeness (QED) is 0.0326. The standard InChI is InChI=1S/C40H60N8O14/c1-3-41-31(52)19-45-39(60)26(17-24-10-6-4-7-11-24)47-33(54)21-43-32(53)20-44-38(59)25(46-30(51)12-8-5-9-15-48-34(55)16-23(2)40(48)61)13-14-29(50)42-18-27-35(56)37(58)36(57)28(22-49)62-27/h4,6-7,10-11,23,25-28,35-37,49,56-58H,3,5,8-9,12-22H2,1-2H3,(H,41,52)(H,42,50)(H,43,53)(H,44,59)(H,45,60)(H,46,51)(H,47,54)/t23?,25-,26-,27-,28+,35-,36+,37+/m0/s1. The number of amides is 9. The second-order valence-electron chi connectivity index (χ2n) is 15.1. The molecule has 22 nitrogen and oxygen atoms in total. The second-order valence-corrected chi connectivity index (χ2v) is 15.1. The summed E-state index contributed by atoms with van der Waals surface area (Å²) in [6, 6.07) is 6.35. The first kappa shape index (κ1) is 50.8. The van der Waals surface area contributed by atoms with Gasteiger partial charge < -0.3 is 62.4 Å². The van der Waals surface area contributed by atoms with Gasteiger partial charge in [-0.15, -0.1) is 0 Å². The van der Waals surface area contributed by atoms with Gasteiger partial charge in [-0.3, -0.25) is 48.1 Å². The summed E-state index contributed by atoms with van der Waals surface area (Å²) in [7, 11) is 0. The highest BCUT2D eigenvalue weighted by Gasteiger charge is 2.43. The average Bonchev–Trinajstić information content (AvgIpc) is 3.49. The number of carbonyl (C=O) groups excluding carboxylic acids is 9. The van der Waals surface area contributed by atoms with Gasteiger partial charge in [0.15, 0.2) is 0 Å². The lowest BCUT2D eigenvalue weighted by Crippen LogP contribution is -2.60. The minimum Gasteiger partial charge on any atom is -0.394 e. The summed E-state index contributed by atoms with van der Waals surface area (Å²) < 4.78 is 5.39. The number of hydrogen-bond acceptors (Lipinski definition) is 14. The Morgan fingerprint density at radius 3 is 1.95 bits per heavy atom. The molecule has 2 saturated heterocycles. The molecule has 1 unspecified atom stereocenters. The lowest BCUT2D eigenvalue weighted by Gasteiger charge is -2.40. The second kappa shape index (κ2) is 26.0. The number of benzene rings is 1. The average molecular weight is 877 g/mol. The largest absolute Gasteiger partial charge is 0.394 e. The van der Waals surface area contributed by atoms with Gasteiger partial charge >= 0.3 is 0 Å². The van der Waals surface area contributed by atoms with Crippen molar-refractivity contribution in [3.63, 3.8) is 0 Å². The van der Waals surface area contributed by atoms with Gasteiger partial charge in [0.2, 0.25) is 53.2 Å². The van der Waals surface area contributed by atoms with E-state index < -0.39 is 104 Å². The molecule has 9 amide bonds. The first-order valence-electron chi connectivity index (χ1n) is 20.7. The number of carbonyl (C=O) groups is 9. The van der Waals surface area contributed by atoms with Crippen LogP contribution in [0.25, 0.3) is 0 Å². The van der Waals surface area contributed by atoms with Gasteiger partial charge in [-0.2, -0.15) is 0 Å². The molecule has 0 radical (unpaired) electrons. The van der Waals surface area contributed by atoms with Crippen LogP contribution in [0, 0.1) is 5.92 Å². The van der Waals surface area contributed by atoms with Crippen LogP contribution in [0.5, 0.6) is 0 Å². The highest BCUT2D eigenvalue weighted by atomic mass is 16.5. The fourth-order valence-corrected chi connectivity index (χ4v) is 6.66. The zero-order chi connectivity index (χ0) is 45.8. The van der Waals surface area contributed by atoms with Gasteiger partial charge in [-0.1, -0.05) is 43.7 Å². The van der Waals surface area contributed by atoms with Crippen LogP contribution >= 0.6 is 0 Å². The first-order chi connectivity index (χ1) is 29.5. The van der Waals surface area contributed by atoms with E-state index in [4.69, 9.17) is 4.74 Å². The van der Waals surface area contributed by atoms with Crippen molar-refractivity contribution in [1.82, 2.24) is 42.1 Å². The minimum atomic E-state index is -1.65. The van der Waals surface area contributed by atoms with E-state index in [1.165, 1.54) is 4.90 Å². The van der Waals surface area contributed by atoms with E-state index in [0.717, 1.165) is 0 Å². The third kappa shape index (κ3) is 16.7. The van der Waals surface area contributed by atoms with Crippen LogP contribution in [-0.2, 0) is 54.3 Å². The number of unbranched alkanes of at least 4 members (excludes halogenated alkanes) is 2. The van der Waals surface area contributed by atoms with Gasteiger partial charge in [0.1, 0.15) is 42.6 Å². The lowest BCUT2D eigenvalue weighted by atomic mass is 9.95. The van der Waals surface area contributed by atoms with Gasteiger partial charge in [0, 0.05) is 51.2 Å². The van der Waals surface area contributed by atoms with Crippen molar-refractivity contribution in [3.8, 4) is 0 Å². The van der Waals surface area contributed by atoms with Gasteiger partial charge in [-0.25, -0.2) is 0 Å². The maximum Gasteiger partial charge on any atom is 0.243 e. The molecule has 62 heavy (non-hydrogen) atoms. The Morgan fingerprint density at radius 2 is 1.32 bits per heavy atom. The third-order valence-electron chi connectivity index (χ3n) is 10.2. The summed E-state index contributed by atoms with van der Waals surface area (Å²) in [5.41, 5.74) is 0.716. The maximum atomic E-state index is 13.3. The van der Waals surface area contributed by atoms with Crippen LogP contribution in [0.15, 0.2) is 30.3 Å². The van der Waals surface area contributed by atoms with Gasteiger partial charge in [0.05, 0.1) is 26.2 Å². The van der Waals surface area contributed by atoms with E-state index in [2.05, 4.69) is 37.2 Å². The molecule has 2 heterocycles. The predicted octanol–water partition coefficient (Wildman–Crippen LogP) is -4.62. The van der Waals surface area contributed by atoms with Crippen LogP contribution < -0.4 is 37.2 Å². The summed E-state index contributed by atoms with van der Waals surface area (Å²) in [4.78, 5) is 115. The van der Waals surface area contributed by atoms with Crippen LogP contribution in [0.3, 0.4) is 0 Å². The number of ether oxygens (including phenoxy) is 1. The molecule has 2 aliphatic heterocycles. The van der Waals surface area contributed by atoms with Crippen molar-refractivity contribution < 1.29 is 68.3 Å². The molecule has 0 bridgehead atoms. The minimum absolute atomic E-state index is 0.0454. The third-order valence-corrected chi connectivity index (χ3v) is 10.2. The molecule has 11 N–H and O–H groups in total. The molecule has 8 atom stereocenters. The Bertz CT molecular complexity index is 1720. The van der Waals surface area contributed by atoms with Crippen molar-refractivity contribution in [1.29, 1.82) is 0 Å². The van der Waals surface area contributed by atoms with E-state index >= 15 is 0 Å². The monoisotopic (exact) mass is 876 g/mol. The molecule has 0 saturated carbocycles. The number of likely N-dealkylation sites (tertiary alicyclic amines) is 1. The van der Waals surface area contributed by atoms with E-state index in [-0.39, 0.29) is 69.5 Å². The Hall–Kier alpha value is -5.55. The molecular weight excluding hydrogens is 816 g/mol. The number of hydrogen-bond donors (Lipinski definition) is 11. The highest BCUT2D eigenvalue weighted by molar-refractivity contribution is 6.03. The van der Waals surface area contributed by atoms with Crippen molar-refractivity contribution in [2.75, 3.05) is 45.9 Å². The van der Waals surface area contributed by atoms with E-state index in [1.807, 2.05) is 0 Å². The number of imide groups is 1. The molecule has 22 heteroatoms. The number of aliphatic hydroxyl groups is 4. The van der Waals surface area contributed by atoms with Crippen molar-refractivity contribution in [2.24, 2.45) is 5.92 Å². The van der Waals surface area contributed by atoms with Crippen LogP contribution in [-0.4, -0.2) is 167 Å². The zero-order valence-corrected chi connectivity index (χ0v) is 34.9. The van der Waals surface area contributed by atoms with E-state index in [1.54, 1.807) is 44.2 Å². The Labute approximate surface area is 358 Å². The van der Waals surface area contributed by atoms with Crippen molar-refractivity contribution in [3.05, 3.63) is 35.9 Å². The Kier molecular flexibility index (Phi) is 21.3. The van der Waals surface area contributed by atoms with Crippen LogP contribution in [0.2, 0.25) is 0 Å². The van der Waals surface area contributed by atoms with Gasteiger partial charge in [-0.05, 0) is 31.7 Å². The van der Waals surface area contributed by atoms with E-state index in [0.29, 0.717) is 31.4 Å². The number of rotatable bonds is 25. The molecule has 0 spiro atoms. The number of aliphatic hydroxyl groups excluding tert-OH is 4. The summed E-state index contributed by atoms with van der Waals surface area (Å²) in [6.45, 7) is 1.44. The molecule has 344 valence electrons. The normalized spacial score (nSPS) is 21.9. The zero-order valence-electron chi connectivity index (χ0n) is 34.9. The predicted molar refractivity (Wildman–Crippen MR) is 217 cm³/mol. The fourth-order valence-electron chi connectivity index (χ4n) is 6.66. The molecule has 1 aromatic rings. The number of nitrogens with zero attached hydrogens (tertiary/aromatic N) is 1. The molecule has 3 rings (SSSR count). The highest BCUT2D eigenvalue weighted by Crippen LogP contribution is 2.21. The Morgan fingerprint density at radius 1 is 0.710 bits per heavy atom. The Balaban J connectivity index is 1.54. The molecule has 2 aliphatic rings. The number of likely N-dealkylation sites (N-methyl/N-ethyl adjacent to an activating group) is 1. The molecule has 2 fully saturated rings. The fraction of sp³-hybridized carbons (Fsp3) is 0.625. The maximum absolute atomic E-state index is 13.3. The smallest absolute Gasteiger partial charge is 0.243 e. The summed E-state index contributed by atoms with van der Waals surface area (Å²) in [5.74, 6) is -5.51. The molecule has 0 aromatic heterocycles. The summed E-state index contributed by atoms with van der Waals surface area (Å²) in [5, 5.41) is 57.0. The summed E-state index contributed by atoms with van der Waals surface area (Å²) in [6.07, 6.45) is -6.34. The van der Waals surface area contributed by atoms with Crippen LogP contribution in [0.4, 0.5) is 0 Å². The van der Waals surface area contributed by atoms with Gasteiger partial charge in [0.25, 0.3) is 0 Å². The molecular formula is C40H60N8O14. The van der Waals surface area contributed by atoms with Crippen LogP contribution in [0.1, 0.15) is 64.4 Å². The first-order valence-corrected chi connectivity index (χ1v) is 20.7. The van der Waals surface area contributed by atoms with Crippen molar-refractivity contribution in [2.45, 2.75) is 108 Å². The SMILES string of the molecule is CCNC(=O)CNC(=O)[C@H](Cc1ccccc1)NC(=O)CNC(=O)CNC(=O)[C@H](CCC(=O)NC[C@@H]1O[C@H](CO)[C@@H](O)[C@H](O)[C@H]1O)NC(=O)CCCCCN1C(=O)CC(C)C1=O. The summed E-state index contributed by atoms with van der Waals surface area (Å²) >= 11 is 0. The van der Waals surface area contributed by atoms with E-state index in [9.17, 15) is 63.6 Å².